The van der Waals surface area contributed by atoms with Crippen molar-refractivity contribution in [2.75, 3.05) is 13.2 Å². The van der Waals surface area contributed by atoms with Gasteiger partial charge in [0.1, 0.15) is 5.75 Å². The van der Waals surface area contributed by atoms with Crippen LogP contribution in [0.2, 0.25) is 0 Å². The van der Waals surface area contributed by atoms with Crippen molar-refractivity contribution in [2.45, 2.75) is 46.7 Å². The number of hydrogen-bond donors (Lipinski definition) is 2. The van der Waals surface area contributed by atoms with E-state index in [0.717, 1.165) is 23.4 Å². The average molecular weight is 278 g/mol. The minimum atomic E-state index is 0.0305. The van der Waals surface area contributed by atoms with Crippen LogP contribution in [0.25, 0.3) is 0 Å². The highest BCUT2D eigenvalue weighted by Gasteiger charge is 2.08. The Hall–Kier alpha value is -1.55. The lowest BCUT2D eigenvalue weighted by molar-refractivity contribution is -0.121. The van der Waals surface area contributed by atoms with Gasteiger partial charge in [-0.2, -0.15) is 0 Å². The largest absolute Gasteiger partial charge is 0.492 e. The highest BCUT2D eigenvalue weighted by atomic mass is 16.5. The zero-order valence-electron chi connectivity index (χ0n) is 13.0. The first-order valence-corrected chi connectivity index (χ1v) is 7.26. The van der Waals surface area contributed by atoms with Gasteiger partial charge in [0.05, 0.1) is 13.0 Å². The quantitative estimate of drug-likeness (QED) is 0.767. The molecule has 0 aliphatic rings. The Bertz CT molecular complexity index is 430. The Morgan fingerprint density at radius 2 is 2.10 bits per heavy atom. The molecule has 0 saturated heterocycles. The van der Waals surface area contributed by atoms with Gasteiger partial charge in [-0.15, -0.1) is 0 Å². The molecular formula is C16H26N2O2. The van der Waals surface area contributed by atoms with Gasteiger partial charge in [-0.3, -0.25) is 4.79 Å². The second kappa shape index (κ2) is 8.59. The van der Waals surface area contributed by atoms with Crippen LogP contribution in [0.5, 0.6) is 5.75 Å². The van der Waals surface area contributed by atoms with Gasteiger partial charge in [0.15, 0.2) is 0 Å². The van der Waals surface area contributed by atoms with Crippen LogP contribution in [0, 0.1) is 6.92 Å². The van der Waals surface area contributed by atoms with Crippen molar-refractivity contribution in [1.82, 2.24) is 10.6 Å². The standard InChI is InChI=1S/C16H26N2O2/c1-5-17-15(19)9-10-20-16-13(4)7-6-8-14(16)11-18-12(2)3/h6-8,12,18H,5,9-11H2,1-4H3,(H,17,19). The maximum atomic E-state index is 11.4. The van der Waals surface area contributed by atoms with Gasteiger partial charge in [-0.25, -0.2) is 0 Å². The van der Waals surface area contributed by atoms with Crippen molar-refractivity contribution in [2.24, 2.45) is 0 Å². The molecule has 1 aromatic carbocycles. The van der Waals surface area contributed by atoms with Crippen LogP contribution in [-0.2, 0) is 11.3 Å². The Morgan fingerprint density at radius 3 is 2.75 bits per heavy atom. The molecule has 4 heteroatoms. The molecule has 0 aromatic heterocycles. The number of para-hydroxylation sites is 1. The molecule has 2 N–H and O–H groups in total. The van der Waals surface area contributed by atoms with E-state index in [1.54, 1.807) is 0 Å². The van der Waals surface area contributed by atoms with E-state index in [1.165, 1.54) is 0 Å². The first-order valence-electron chi connectivity index (χ1n) is 7.26. The summed E-state index contributed by atoms with van der Waals surface area (Å²) in [6.07, 6.45) is 0.388. The lowest BCUT2D eigenvalue weighted by Crippen LogP contribution is -2.25. The van der Waals surface area contributed by atoms with Crippen molar-refractivity contribution in [3.8, 4) is 5.75 Å². The molecular weight excluding hydrogens is 252 g/mol. The molecule has 0 atom stereocenters. The predicted molar refractivity (Wildman–Crippen MR) is 82.0 cm³/mol. The second-order valence-corrected chi connectivity index (χ2v) is 5.15. The normalized spacial score (nSPS) is 10.7. The monoisotopic (exact) mass is 278 g/mol. The van der Waals surface area contributed by atoms with Gasteiger partial charge < -0.3 is 15.4 Å². The topological polar surface area (TPSA) is 50.4 Å². The zero-order chi connectivity index (χ0) is 15.0. The van der Waals surface area contributed by atoms with Gasteiger partial charge in [-0.05, 0) is 19.4 Å². The number of carbonyl (C=O) groups excluding carboxylic acids is 1. The molecule has 0 saturated carbocycles. The van der Waals surface area contributed by atoms with Crippen molar-refractivity contribution < 1.29 is 9.53 Å². The summed E-state index contributed by atoms with van der Waals surface area (Å²) in [5, 5.41) is 6.16. The summed E-state index contributed by atoms with van der Waals surface area (Å²) in [4.78, 5) is 11.4. The summed E-state index contributed by atoms with van der Waals surface area (Å²) in [5.41, 5.74) is 2.23. The SMILES string of the molecule is CCNC(=O)CCOc1c(C)cccc1CNC(C)C. The van der Waals surface area contributed by atoms with Crippen molar-refractivity contribution in [1.29, 1.82) is 0 Å². The van der Waals surface area contributed by atoms with Crippen molar-refractivity contribution in [3.05, 3.63) is 29.3 Å². The molecule has 20 heavy (non-hydrogen) atoms. The first kappa shape index (κ1) is 16.5. The lowest BCUT2D eigenvalue weighted by Gasteiger charge is -2.15. The van der Waals surface area contributed by atoms with Gasteiger partial charge in [0.2, 0.25) is 5.91 Å². The minimum absolute atomic E-state index is 0.0305. The molecule has 0 aliphatic carbocycles. The maximum absolute atomic E-state index is 11.4. The molecule has 1 rings (SSSR count). The lowest BCUT2D eigenvalue weighted by atomic mass is 10.1. The summed E-state index contributed by atoms with van der Waals surface area (Å²) in [5.74, 6) is 0.924. The summed E-state index contributed by atoms with van der Waals surface area (Å²) < 4.78 is 5.82. The molecule has 0 unspecified atom stereocenters. The van der Waals surface area contributed by atoms with Gasteiger partial charge >= 0.3 is 0 Å². The maximum Gasteiger partial charge on any atom is 0.223 e. The van der Waals surface area contributed by atoms with E-state index in [0.29, 0.717) is 25.6 Å². The van der Waals surface area contributed by atoms with Crippen LogP contribution in [-0.4, -0.2) is 25.1 Å². The van der Waals surface area contributed by atoms with Crippen LogP contribution in [0.1, 0.15) is 38.3 Å². The van der Waals surface area contributed by atoms with E-state index in [9.17, 15) is 4.79 Å². The number of amides is 1. The zero-order valence-corrected chi connectivity index (χ0v) is 13.0. The Balaban J connectivity index is 2.60. The van der Waals surface area contributed by atoms with Crippen molar-refractivity contribution >= 4 is 5.91 Å². The molecule has 0 heterocycles. The number of aryl methyl sites for hydroxylation is 1. The average Bonchev–Trinajstić information content (AvgIpc) is 2.39. The summed E-state index contributed by atoms with van der Waals surface area (Å²) in [6, 6.07) is 6.55. The first-order chi connectivity index (χ1) is 9.54. The number of nitrogens with one attached hydrogen (secondary N) is 2. The molecule has 1 aromatic rings. The fourth-order valence-electron chi connectivity index (χ4n) is 1.90. The third-order valence-electron chi connectivity index (χ3n) is 2.94. The van der Waals surface area contributed by atoms with E-state index < -0.39 is 0 Å². The molecule has 0 bridgehead atoms. The Labute approximate surface area is 121 Å². The summed E-state index contributed by atoms with van der Waals surface area (Å²) in [6.45, 7) is 10.0. The van der Waals surface area contributed by atoms with Crippen LogP contribution in [0.3, 0.4) is 0 Å². The Kier molecular flexibility index (Phi) is 7.09. The number of ether oxygens (including phenoxy) is 1. The van der Waals surface area contributed by atoms with Gasteiger partial charge in [0.25, 0.3) is 0 Å². The molecule has 0 aliphatic heterocycles. The summed E-state index contributed by atoms with van der Waals surface area (Å²) in [7, 11) is 0. The fraction of sp³-hybridized carbons (Fsp3) is 0.562. The summed E-state index contributed by atoms with van der Waals surface area (Å²) >= 11 is 0. The van der Waals surface area contributed by atoms with E-state index in [-0.39, 0.29) is 5.91 Å². The molecule has 0 spiro atoms. The molecule has 4 nitrogen and oxygen atoms in total. The van der Waals surface area contributed by atoms with E-state index >= 15 is 0 Å². The molecule has 112 valence electrons. The van der Waals surface area contributed by atoms with Crippen LogP contribution in [0.4, 0.5) is 0 Å². The van der Waals surface area contributed by atoms with E-state index in [4.69, 9.17) is 4.74 Å². The predicted octanol–water partition coefficient (Wildman–Crippen LogP) is 2.40. The third kappa shape index (κ3) is 5.61. The smallest absolute Gasteiger partial charge is 0.223 e. The molecule has 0 fully saturated rings. The Morgan fingerprint density at radius 1 is 1.35 bits per heavy atom. The third-order valence-corrected chi connectivity index (χ3v) is 2.94. The van der Waals surface area contributed by atoms with Crippen molar-refractivity contribution in [3.63, 3.8) is 0 Å². The van der Waals surface area contributed by atoms with Crippen LogP contribution < -0.4 is 15.4 Å². The van der Waals surface area contributed by atoms with Gasteiger partial charge in [0, 0.05) is 24.7 Å². The highest BCUT2D eigenvalue weighted by molar-refractivity contribution is 5.75. The fourth-order valence-corrected chi connectivity index (χ4v) is 1.90. The second-order valence-electron chi connectivity index (χ2n) is 5.15. The number of hydrogen-bond acceptors (Lipinski definition) is 3. The molecule has 1 amide bonds. The van der Waals surface area contributed by atoms with E-state index in [2.05, 4.69) is 30.5 Å². The number of rotatable bonds is 8. The van der Waals surface area contributed by atoms with Gasteiger partial charge in [-0.1, -0.05) is 32.0 Å². The highest BCUT2D eigenvalue weighted by Crippen LogP contribution is 2.23. The van der Waals surface area contributed by atoms with Crippen LogP contribution in [0.15, 0.2) is 18.2 Å². The number of benzene rings is 1. The minimum Gasteiger partial charge on any atom is -0.492 e. The van der Waals surface area contributed by atoms with Crippen LogP contribution >= 0.6 is 0 Å². The number of carbonyl (C=O) groups is 1. The van der Waals surface area contributed by atoms with E-state index in [1.807, 2.05) is 26.0 Å². The molecule has 0 radical (unpaired) electrons.